The van der Waals surface area contributed by atoms with Gasteiger partial charge in [-0.05, 0) is 45.4 Å². The van der Waals surface area contributed by atoms with Crippen molar-refractivity contribution in [2.45, 2.75) is 46.3 Å². The van der Waals surface area contributed by atoms with Crippen molar-refractivity contribution in [2.75, 3.05) is 18.9 Å². The minimum absolute atomic E-state index is 0.0974. The number of benzene rings is 1. The minimum atomic E-state index is -0.470. The molecule has 23 heavy (non-hydrogen) atoms. The molecule has 0 amide bonds. The molecule has 4 N–H and O–H groups in total. The maximum Gasteiger partial charge on any atom is 0.303 e. The van der Waals surface area contributed by atoms with Gasteiger partial charge in [-0.1, -0.05) is 23.2 Å². The molecule has 0 spiro atoms. The molecular formula is C16H26Cl2N2O3. The summed E-state index contributed by atoms with van der Waals surface area (Å²) in [5, 5.41) is 11.5. The first-order valence-corrected chi connectivity index (χ1v) is 8.05. The quantitative estimate of drug-likeness (QED) is 0.561. The molecule has 0 saturated heterocycles. The van der Waals surface area contributed by atoms with Crippen LogP contribution in [0.3, 0.4) is 0 Å². The van der Waals surface area contributed by atoms with Crippen LogP contribution in [-0.2, 0) is 9.53 Å². The third kappa shape index (κ3) is 9.01. The van der Waals surface area contributed by atoms with Gasteiger partial charge in [0.25, 0.3) is 0 Å². The average molecular weight is 365 g/mol. The number of aliphatic hydroxyl groups is 1. The summed E-state index contributed by atoms with van der Waals surface area (Å²) in [4.78, 5) is 11.2. The van der Waals surface area contributed by atoms with E-state index in [1.807, 2.05) is 20.8 Å². The van der Waals surface area contributed by atoms with E-state index in [1.54, 1.807) is 19.1 Å². The highest BCUT2D eigenvalue weighted by Crippen LogP contribution is 2.32. The number of aliphatic hydroxyl groups excluding tert-OH is 1. The van der Waals surface area contributed by atoms with Crippen molar-refractivity contribution in [3.8, 4) is 0 Å². The Morgan fingerprint density at radius 3 is 2.13 bits per heavy atom. The number of rotatable bonds is 4. The van der Waals surface area contributed by atoms with Gasteiger partial charge in [0, 0.05) is 25.6 Å². The summed E-state index contributed by atoms with van der Waals surface area (Å²) >= 11 is 12.0. The summed E-state index contributed by atoms with van der Waals surface area (Å²) < 4.78 is 5.32. The van der Waals surface area contributed by atoms with Crippen molar-refractivity contribution in [1.82, 2.24) is 5.32 Å². The number of nitrogens with one attached hydrogen (secondary N) is 1. The zero-order valence-electron chi connectivity index (χ0n) is 14.2. The normalized spacial score (nSPS) is 12.2. The highest BCUT2D eigenvalue weighted by molar-refractivity contribution is 6.38. The van der Waals surface area contributed by atoms with Crippen molar-refractivity contribution in [3.63, 3.8) is 0 Å². The number of ether oxygens (including phenoxy) is 1. The van der Waals surface area contributed by atoms with Gasteiger partial charge < -0.3 is 20.9 Å². The molecule has 1 unspecified atom stereocenters. The zero-order valence-corrected chi connectivity index (χ0v) is 15.8. The molecule has 5 nitrogen and oxygen atoms in total. The molecule has 0 heterocycles. The summed E-state index contributed by atoms with van der Waals surface area (Å²) in [6.45, 7) is 9.84. The molecule has 132 valence electrons. The second-order valence-corrected chi connectivity index (χ2v) is 6.76. The largest absolute Gasteiger partial charge is 0.456 e. The van der Waals surface area contributed by atoms with Crippen LogP contribution in [0.5, 0.6) is 0 Å². The fourth-order valence-electron chi connectivity index (χ4n) is 1.62. The second-order valence-electron chi connectivity index (χ2n) is 5.94. The number of halogens is 2. The SMILES string of the molecule is CC(=O)OC(CNC(C)(C)C)c1cc(Cl)c(N)c(Cl)c1.CCO. The first kappa shape index (κ1) is 22.0. The Hall–Kier alpha value is -1.01. The highest BCUT2D eigenvalue weighted by Gasteiger charge is 2.20. The van der Waals surface area contributed by atoms with Crippen molar-refractivity contribution < 1.29 is 14.6 Å². The molecule has 1 aromatic carbocycles. The van der Waals surface area contributed by atoms with Crippen LogP contribution in [0.2, 0.25) is 10.0 Å². The Labute approximate surface area is 148 Å². The fourth-order valence-corrected chi connectivity index (χ4v) is 2.12. The van der Waals surface area contributed by atoms with E-state index in [4.69, 9.17) is 38.8 Å². The Morgan fingerprint density at radius 1 is 1.35 bits per heavy atom. The molecule has 1 rings (SSSR count). The molecule has 0 aliphatic heterocycles. The zero-order chi connectivity index (χ0) is 18.2. The molecule has 0 aromatic heterocycles. The van der Waals surface area contributed by atoms with Gasteiger partial charge in [0.05, 0.1) is 15.7 Å². The summed E-state index contributed by atoms with van der Waals surface area (Å²) in [6, 6.07) is 3.33. The molecule has 0 fully saturated rings. The number of nitrogen functional groups attached to an aromatic ring is 1. The van der Waals surface area contributed by atoms with Crippen LogP contribution in [0.25, 0.3) is 0 Å². The molecule has 7 heteroatoms. The number of nitrogens with two attached hydrogens (primary N) is 1. The van der Waals surface area contributed by atoms with Gasteiger partial charge in [0.15, 0.2) is 0 Å². The van der Waals surface area contributed by atoms with E-state index in [0.717, 1.165) is 0 Å². The first-order valence-electron chi connectivity index (χ1n) is 7.29. The van der Waals surface area contributed by atoms with E-state index < -0.39 is 6.10 Å². The number of hydrogen-bond acceptors (Lipinski definition) is 5. The summed E-state index contributed by atoms with van der Waals surface area (Å²) in [7, 11) is 0. The van der Waals surface area contributed by atoms with Crippen molar-refractivity contribution in [3.05, 3.63) is 27.7 Å². The van der Waals surface area contributed by atoms with E-state index >= 15 is 0 Å². The van der Waals surface area contributed by atoms with Crippen molar-refractivity contribution in [2.24, 2.45) is 0 Å². The predicted molar refractivity (Wildman–Crippen MR) is 95.9 cm³/mol. The van der Waals surface area contributed by atoms with Crippen molar-refractivity contribution >= 4 is 34.9 Å². The minimum Gasteiger partial charge on any atom is -0.456 e. The van der Waals surface area contributed by atoms with Gasteiger partial charge in [-0.25, -0.2) is 0 Å². The fraction of sp³-hybridized carbons (Fsp3) is 0.562. The molecule has 0 saturated carbocycles. The molecular weight excluding hydrogens is 339 g/mol. The Kier molecular flexibility index (Phi) is 9.54. The number of carbonyl (C=O) groups excluding carboxylic acids is 1. The van der Waals surface area contributed by atoms with Gasteiger partial charge >= 0.3 is 5.97 Å². The molecule has 0 aliphatic rings. The van der Waals surface area contributed by atoms with Crippen LogP contribution in [0, 0.1) is 0 Å². The van der Waals surface area contributed by atoms with Crippen LogP contribution in [0.4, 0.5) is 5.69 Å². The molecule has 1 aromatic rings. The predicted octanol–water partition coefficient (Wildman–Crippen LogP) is 3.57. The van der Waals surface area contributed by atoms with Crippen LogP contribution in [0.15, 0.2) is 12.1 Å². The molecule has 0 bridgehead atoms. The van der Waals surface area contributed by atoms with Crippen LogP contribution in [-0.4, -0.2) is 29.8 Å². The topological polar surface area (TPSA) is 84.6 Å². The van der Waals surface area contributed by atoms with Gasteiger partial charge in [-0.15, -0.1) is 0 Å². The Balaban J connectivity index is 0.00000149. The molecule has 0 radical (unpaired) electrons. The third-order valence-corrected chi connectivity index (χ3v) is 3.22. The Morgan fingerprint density at radius 2 is 1.78 bits per heavy atom. The monoisotopic (exact) mass is 364 g/mol. The van der Waals surface area contributed by atoms with Gasteiger partial charge in [0.1, 0.15) is 6.10 Å². The molecule has 1 atom stereocenters. The lowest BCUT2D eigenvalue weighted by atomic mass is 10.1. The third-order valence-electron chi connectivity index (χ3n) is 2.60. The number of carbonyl (C=O) groups is 1. The van der Waals surface area contributed by atoms with Gasteiger partial charge in [0.2, 0.25) is 0 Å². The maximum absolute atomic E-state index is 11.2. The average Bonchev–Trinajstić information content (AvgIpc) is 2.39. The first-order chi connectivity index (χ1) is 10.5. The van der Waals surface area contributed by atoms with Gasteiger partial charge in [-0.2, -0.15) is 0 Å². The summed E-state index contributed by atoms with van der Waals surface area (Å²) in [6.07, 6.45) is -0.470. The second kappa shape index (κ2) is 9.98. The molecule has 0 aliphatic carbocycles. The smallest absolute Gasteiger partial charge is 0.303 e. The lowest BCUT2D eigenvalue weighted by Gasteiger charge is -2.25. The number of anilines is 1. The standard InChI is InChI=1S/C14H20Cl2N2O2.C2H6O/c1-8(19)20-12(7-18-14(2,3)4)9-5-10(15)13(17)11(16)6-9;1-2-3/h5-6,12,18H,7,17H2,1-4H3;3H,2H2,1H3. The maximum atomic E-state index is 11.2. The van der Waals surface area contributed by atoms with Crippen LogP contribution < -0.4 is 11.1 Å². The summed E-state index contributed by atoms with van der Waals surface area (Å²) in [5.74, 6) is -0.366. The van der Waals surface area contributed by atoms with Crippen molar-refractivity contribution in [1.29, 1.82) is 0 Å². The van der Waals surface area contributed by atoms with E-state index in [2.05, 4.69) is 5.32 Å². The van der Waals surface area contributed by atoms with E-state index in [0.29, 0.717) is 27.8 Å². The number of esters is 1. The van der Waals surface area contributed by atoms with E-state index in [1.165, 1.54) is 6.92 Å². The highest BCUT2D eigenvalue weighted by atomic mass is 35.5. The number of hydrogen-bond donors (Lipinski definition) is 3. The lowest BCUT2D eigenvalue weighted by molar-refractivity contribution is -0.146. The summed E-state index contributed by atoms with van der Waals surface area (Å²) in [5.41, 5.74) is 6.64. The Bertz CT molecular complexity index is 494. The van der Waals surface area contributed by atoms with E-state index in [-0.39, 0.29) is 18.1 Å². The lowest BCUT2D eigenvalue weighted by Crippen LogP contribution is -2.39. The van der Waals surface area contributed by atoms with E-state index in [9.17, 15) is 4.79 Å². The van der Waals surface area contributed by atoms with Crippen LogP contribution in [0.1, 0.15) is 46.3 Å². The van der Waals surface area contributed by atoms with Crippen LogP contribution >= 0.6 is 23.2 Å². The van der Waals surface area contributed by atoms with Gasteiger partial charge in [-0.3, -0.25) is 4.79 Å².